The minimum Gasteiger partial charge on any atom is -0.481 e. The molecule has 1 heterocycles. The third-order valence-electron chi connectivity index (χ3n) is 4.63. The number of hydrogen-bond donors (Lipinski definition) is 1. The lowest BCUT2D eigenvalue weighted by atomic mass is 9.81. The third-order valence-corrected chi connectivity index (χ3v) is 4.63. The number of aliphatic carboxylic acids is 1. The van der Waals surface area contributed by atoms with Crippen LogP contribution in [0.3, 0.4) is 0 Å². The summed E-state index contributed by atoms with van der Waals surface area (Å²) in [5, 5.41) is 9.59. The zero-order valence-corrected chi connectivity index (χ0v) is 12.0. The van der Waals surface area contributed by atoms with Crippen molar-refractivity contribution in [1.82, 2.24) is 0 Å². The number of carboxylic acids is 1. The molecular weight excluding hydrogens is 238 g/mol. The highest BCUT2D eigenvalue weighted by atomic mass is 16.4. The highest BCUT2D eigenvalue weighted by Crippen LogP contribution is 2.37. The highest BCUT2D eigenvalue weighted by Gasteiger charge is 2.39. The van der Waals surface area contributed by atoms with Crippen molar-refractivity contribution in [3.05, 3.63) is 29.8 Å². The standard InChI is InChI=1S/C16H23NO2/c1-4-16(5-2,15(18)19)11-17-12(3)10-13-8-6-7-9-14(13)17/h6-9,12H,4-5,10-11H2,1-3H3,(H,18,19). The Balaban J connectivity index is 2.30. The summed E-state index contributed by atoms with van der Waals surface area (Å²) in [7, 11) is 0. The summed E-state index contributed by atoms with van der Waals surface area (Å²) < 4.78 is 0. The molecule has 3 heteroatoms. The lowest BCUT2D eigenvalue weighted by Crippen LogP contribution is -2.44. The molecule has 0 fully saturated rings. The van der Waals surface area contributed by atoms with Crippen molar-refractivity contribution in [2.24, 2.45) is 5.41 Å². The first-order valence-electron chi connectivity index (χ1n) is 7.12. The van der Waals surface area contributed by atoms with Crippen LogP contribution >= 0.6 is 0 Å². The normalized spacial score (nSPS) is 18.5. The zero-order chi connectivity index (χ0) is 14.0. The van der Waals surface area contributed by atoms with Gasteiger partial charge in [-0.3, -0.25) is 4.79 Å². The van der Waals surface area contributed by atoms with Crippen LogP contribution < -0.4 is 4.90 Å². The minimum atomic E-state index is -0.672. The first-order chi connectivity index (χ1) is 9.04. The van der Waals surface area contributed by atoms with Crippen LogP contribution in [0.4, 0.5) is 5.69 Å². The van der Waals surface area contributed by atoms with E-state index in [-0.39, 0.29) is 0 Å². The van der Waals surface area contributed by atoms with Crippen LogP contribution in [0, 0.1) is 5.41 Å². The number of rotatable bonds is 5. The molecule has 1 aromatic carbocycles. The van der Waals surface area contributed by atoms with Crippen LogP contribution in [0.2, 0.25) is 0 Å². The Morgan fingerprint density at radius 3 is 2.58 bits per heavy atom. The van der Waals surface area contributed by atoms with Crippen molar-refractivity contribution in [2.75, 3.05) is 11.4 Å². The van der Waals surface area contributed by atoms with E-state index in [2.05, 4.69) is 30.0 Å². The molecule has 19 heavy (non-hydrogen) atoms. The second kappa shape index (κ2) is 5.24. The number of carboxylic acid groups (broad SMARTS) is 1. The first kappa shape index (κ1) is 13.9. The molecule has 1 aromatic rings. The molecule has 1 unspecified atom stereocenters. The largest absolute Gasteiger partial charge is 0.481 e. The Bertz CT molecular complexity index is 466. The van der Waals surface area contributed by atoms with Crippen LogP contribution in [-0.4, -0.2) is 23.7 Å². The average Bonchev–Trinajstić information content (AvgIpc) is 2.71. The lowest BCUT2D eigenvalue weighted by molar-refractivity contribution is -0.148. The molecule has 1 aliphatic rings. The molecular formula is C16H23NO2. The van der Waals surface area contributed by atoms with Gasteiger partial charge in [-0.15, -0.1) is 0 Å². The molecule has 0 aliphatic carbocycles. The molecule has 0 saturated heterocycles. The van der Waals surface area contributed by atoms with Crippen molar-refractivity contribution >= 4 is 11.7 Å². The Kier molecular flexibility index (Phi) is 3.83. The summed E-state index contributed by atoms with van der Waals surface area (Å²) in [4.78, 5) is 13.9. The minimum absolute atomic E-state index is 0.384. The van der Waals surface area contributed by atoms with E-state index in [4.69, 9.17) is 0 Å². The van der Waals surface area contributed by atoms with Crippen molar-refractivity contribution in [3.8, 4) is 0 Å². The van der Waals surface area contributed by atoms with E-state index in [1.807, 2.05) is 19.9 Å². The van der Waals surface area contributed by atoms with Gasteiger partial charge in [0.05, 0.1) is 5.41 Å². The van der Waals surface area contributed by atoms with Crippen LogP contribution in [0.1, 0.15) is 39.2 Å². The lowest BCUT2D eigenvalue weighted by Gasteiger charge is -2.35. The van der Waals surface area contributed by atoms with Gasteiger partial charge in [0.25, 0.3) is 0 Å². The van der Waals surface area contributed by atoms with Gasteiger partial charge in [-0.05, 0) is 37.8 Å². The number of fused-ring (bicyclic) bond motifs is 1. The van der Waals surface area contributed by atoms with E-state index in [1.165, 1.54) is 11.3 Å². The number of nitrogens with zero attached hydrogens (tertiary/aromatic N) is 1. The summed E-state index contributed by atoms with van der Waals surface area (Å²) in [6.45, 7) is 6.74. The summed E-state index contributed by atoms with van der Waals surface area (Å²) in [6.07, 6.45) is 2.35. The second-order valence-corrected chi connectivity index (χ2v) is 5.60. The van der Waals surface area contributed by atoms with Gasteiger partial charge in [-0.25, -0.2) is 0 Å². The van der Waals surface area contributed by atoms with Gasteiger partial charge < -0.3 is 10.0 Å². The van der Waals surface area contributed by atoms with Crippen molar-refractivity contribution < 1.29 is 9.90 Å². The Morgan fingerprint density at radius 2 is 2.00 bits per heavy atom. The van der Waals surface area contributed by atoms with Crippen LogP contribution in [-0.2, 0) is 11.2 Å². The predicted octanol–water partition coefficient (Wildman–Crippen LogP) is 3.33. The van der Waals surface area contributed by atoms with Crippen LogP contribution in [0.25, 0.3) is 0 Å². The van der Waals surface area contributed by atoms with Gasteiger partial charge in [-0.1, -0.05) is 32.0 Å². The van der Waals surface area contributed by atoms with Gasteiger partial charge in [0.2, 0.25) is 0 Å². The fourth-order valence-corrected chi connectivity index (χ4v) is 3.04. The molecule has 2 rings (SSSR count). The molecule has 0 aromatic heterocycles. The Morgan fingerprint density at radius 1 is 1.37 bits per heavy atom. The van der Waals surface area contributed by atoms with E-state index in [0.717, 1.165) is 6.42 Å². The Hall–Kier alpha value is -1.51. The van der Waals surface area contributed by atoms with E-state index >= 15 is 0 Å². The van der Waals surface area contributed by atoms with Crippen LogP contribution in [0.15, 0.2) is 24.3 Å². The van der Waals surface area contributed by atoms with Crippen LogP contribution in [0.5, 0.6) is 0 Å². The molecule has 0 saturated carbocycles. The zero-order valence-electron chi connectivity index (χ0n) is 12.0. The molecule has 3 nitrogen and oxygen atoms in total. The molecule has 0 radical (unpaired) electrons. The summed E-state index contributed by atoms with van der Waals surface area (Å²) in [5.74, 6) is -0.672. The Labute approximate surface area is 115 Å². The summed E-state index contributed by atoms with van der Waals surface area (Å²) in [6, 6.07) is 8.72. The summed E-state index contributed by atoms with van der Waals surface area (Å²) in [5.41, 5.74) is 1.91. The third kappa shape index (κ3) is 2.34. The van der Waals surface area contributed by atoms with E-state index in [1.54, 1.807) is 0 Å². The maximum atomic E-state index is 11.7. The quantitative estimate of drug-likeness (QED) is 0.884. The maximum absolute atomic E-state index is 11.7. The number of carbonyl (C=O) groups is 1. The molecule has 0 spiro atoms. The number of benzene rings is 1. The molecule has 0 amide bonds. The fraction of sp³-hybridized carbons (Fsp3) is 0.562. The van der Waals surface area contributed by atoms with Crippen molar-refractivity contribution in [1.29, 1.82) is 0 Å². The number of anilines is 1. The van der Waals surface area contributed by atoms with E-state index < -0.39 is 11.4 Å². The molecule has 1 N–H and O–H groups in total. The van der Waals surface area contributed by atoms with Gasteiger partial charge in [-0.2, -0.15) is 0 Å². The molecule has 1 atom stereocenters. The topological polar surface area (TPSA) is 40.5 Å². The molecule has 1 aliphatic heterocycles. The monoisotopic (exact) mass is 261 g/mol. The molecule has 104 valence electrons. The number of para-hydroxylation sites is 1. The average molecular weight is 261 g/mol. The summed E-state index contributed by atoms with van der Waals surface area (Å²) >= 11 is 0. The smallest absolute Gasteiger partial charge is 0.311 e. The maximum Gasteiger partial charge on any atom is 0.311 e. The fourth-order valence-electron chi connectivity index (χ4n) is 3.04. The number of hydrogen-bond acceptors (Lipinski definition) is 2. The van der Waals surface area contributed by atoms with Gasteiger partial charge in [0, 0.05) is 18.3 Å². The van der Waals surface area contributed by atoms with E-state index in [0.29, 0.717) is 25.4 Å². The van der Waals surface area contributed by atoms with Gasteiger partial charge in [0.1, 0.15) is 0 Å². The van der Waals surface area contributed by atoms with Crippen molar-refractivity contribution in [2.45, 2.75) is 46.1 Å². The van der Waals surface area contributed by atoms with E-state index in [9.17, 15) is 9.90 Å². The highest BCUT2D eigenvalue weighted by molar-refractivity contribution is 5.76. The first-order valence-corrected chi connectivity index (χ1v) is 7.12. The second-order valence-electron chi connectivity index (χ2n) is 5.60. The SMILES string of the molecule is CCC(CC)(CN1c2ccccc2CC1C)C(=O)O. The predicted molar refractivity (Wildman–Crippen MR) is 77.6 cm³/mol. The van der Waals surface area contributed by atoms with Gasteiger partial charge >= 0.3 is 5.97 Å². The van der Waals surface area contributed by atoms with Gasteiger partial charge in [0.15, 0.2) is 0 Å². The molecule has 0 bridgehead atoms. The van der Waals surface area contributed by atoms with Crippen molar-refractivity contribution in [3.63, 3.8) is 0 Å².